The molecule has 1 atom stereocenters. The molecule has 5 nitrogen and oxygen atoms in total. The van der Waals surface area contributed by atoms with Crippen molar-refractivity contribution < 1.29 is 14.3 Å². The predicted molar refractivity (Wildman–Crippen MR) is 120 cm³/mol. The number of carbonyl (C=O) groups is 1. The Morgan fingerprint density at radius 2 is 1.77 bits per heavy atom. The SMILES string of the molecule is COc1cc(C)c(C(C)NC(=O)c2ccc(CN3CCOCC3)cc2)cc1C(C)C. The van der Waals surface area contributed by atoms with Crippen LogP contribution in [0, 0.1) is 6.92 Å². The van der Waals surface area contributed by atoms with E-state index in [-0.39, 0.29) is 11.9 Å². The highest BCUT2D eigenvalue weighted by Gasteiger charge is 2.18. The molecule has 1 heterocycles. The Balaban J connectivity index is 1.67. The quantitative estimate of drug-likeness (QED) is 0.733. The number of carbonyl (C=O) groups excluding carboxylic acids is 1. The average molecular weight is 411 g/mol. The Morgan fingerprint density at radius 1 is 1.10 bits per heavy atom. The number of rotatable bonds is 7. The fourth-order valence-corrected chi connectivity index (χ4v) is 3.95. The molecule has 0 aromatic heterocycles. The van der Waals surface area contributed by atoms with Crippen LogP contribution in [0.1, 0.15) is 65.3 Å². The van der Waals surface area contributed by atoms with E-state index < -0.39 is 0 Å². The lowest BCUT2D eigenvalue weighted by Gasteiger charge is -2.26. The van der Waals surface area contributed by atoms with Crippen molar-refractivity contribution in [3.63, 3.8) is 0 Å². The van der Waals surface area contributed by atoms with Crippen LogP contribution in [0.5, 0.6) is 5.75 Å². The first-order valence-electron chi connectivity index (χ1n) is 10.8. The fraction of sp³-hybridized carbons (Fsp3) is 0.480. The Kier molecular flexibility index (Phi) is 7.51. The zero-order valence-electron chi connectivity index (χ0n) is 18.8. The largest absolute Gasteiger partial charge is 0.496 e. The second-order valence-electron chi connectivity index (χ2n) is 8.39. The highest BCUT2D eigenvalue weighted by atomic mass is 16.5. The maximum atomic E-state index is 12.8. The molecule has 162 valence electrons. The van der Waals surface area contributed by atoms with Gasteiger partial charge in [-0.25, -0.2) is 0 Å². The minimum absolute atomic E-state index is 0.0539. The molecular weight excluding hydrogens is 376 g/mol. The van der Waals surface area contributed by atoms with Gasteiger partial charge in [-0.2, -0.15) is 0 Å². The second kappa shape index (κ2) is 10.1. The number of nitrogens with one attached hydrogen (secondary N) is 1. The molecular formula is C25H34N2O3. The first-order valence-corrected chi connectivity index (χ1v) is 10.8. The number of morpholine rings is 1. The van der Waals surface area contributed by atoms with E-state index in [4.69, 9.17) is 9.47 Å². The Morgan fingerprint density at radius 3 is 2.37 bits per heavy atom. The number of benzene rings is 2. The topological polar surface area (TPSA) is 50.8 Å². The maximum Gasteiger partial charge on any atom is 0.251 e. The van der Waals surface area contributed by atoms with Crippen LogP contribution in [-0.2, 0) is 11.3 Å². The van der Waals surface area contributed by atoms with Gasteiger partial charge in [0.05, 0.1) is 26.4 Å². The van der Waals surface area contributed by atoms with E-state index in [2.05, 4.69) is 43.1 Å². The van der Waals surface area contributed by atoms with Gasteiger partial charge in [-0.15, -0.1) is 0 Å². The summed E-state index contributed by atoms with van der Waals surface area (Å²) >= 11 is 0. The third-order valence-corrected chi connectivity index (χ3v) is 5.78. The lowest BCUT2D eigenvalue weighted by atomic mass is 9.93. The summed E-state index contributed by atoms with van der Waals surface area (Å²) in [5, 5.41) is 3.15. The molecule has 1 aliphatic heterocycles. The summed E-state index contributed by atoms with van der Waals surface area (Å²) in [4.78, 5) is 15.2. The van der Waals surface area contributed by atoms with Crippen molar-refractivity contribution >= 4 is 5.91 Å². The summed E-state index contributed by atoms with van der Waals surface area (Å²) in [7, 11) is 1.70. The minimum atomic E-state index is -0.0890. The van der Waals surface area contributed by atoms with E-state index in [9.17, 15) is 4.79 Å². The first kappa shape index (κ1) is 22.3. The number of nitrogens with zero attached hydrogens (tertiary/aromatic N) is 1. The van der Waals surface area contributed by atoms with Gasteiger partial charge in [0.25, 0.3) is 5.91 Å². The molecule has 0 radical (unpaired) electrons. The van der Waals surface area contributed by atoms with E-state index in [0.29, 0.717) is 11.5 Å². The summed E-state index contributed by atoms with van der Waals surface area (Å²) in [6.45, 7) is 12.8. The third-order valence-electron chi connectivity index (χ3n) is 5.78. The summed E-state index contributed by atoms with van der Waals surface area (Å²) in [6, 6.07) is 12.1. The fourth-order valence-electron chi connectivity index (χ4n) is 3.95. The lowest BCUT2D eigenvalue weighted by molar-refractivity contribution is 0.0342. The zero-order chi connectivity index (χ0) is 21.7. The van der Waals surface area contributed by atoms with E-state index in [0.717, 1.165) is 55.3 Å². The molecule has 1 unspecified atom stereocenters. The molecule has 2 aromatic carbocycles. The zero-order valence-corrected chi connectivity index (χ0v) is 18.8. The smallest absolute Gasteiger partial charge is 0.251 e. The van der Waals surface area contributed by atoms with Crippen LogP contribution in [0.25, 0.3) is 0 Å². The van der Waals surface area contributed by atoms with Crippen LogP contribution in [0.2, 0.25) is 0 Å². The number of ether oxygens (including phenoxy) is 2. The molecule has 3 rings (SSSR count). The lowest BCUT2D eigenvalue weighted by Crippen LogP contribution is -2.35. The highest BCUT2D eigenvalue weighted by molar-refractivity contribution is 5.94. The predicted octanol–water partition coefficient (Wildman–Crippen LogP) is 4.45. The van der Waals surface area contributed by atoms with Crippen LogP contribution in [0.3, 0.4) is 0 Å². The monoisotopic (exact) mass is 410 g/mol. The first-order chi connectivity index (χ1) is 14.4. The average Bonchev–Trinajstić information content (AvgIpc) is 2.74. The number of aryl methyl sites for hydroxylation is 1. The Labute approximate surface area is 180 Å². The summed E-state index contributed by atoms with van der Waals surface area (Å²) in [5.41, 5.74) is 5.30. The Bertz CT molecular complexity index is 855. The van der Waals surface area contributed by atoms with Crippen molar-refractivity contribution in [2.75, 3.05) is 33.4 Å². The van der Waals surface area contributed by atoms with Crippen molar-refractivity contribution in [3.8, 4) is 5.75 Å². The van der Waals surface area contributed by atoms with E-state index >= 15 is 0 Å². The number of amides is 1. The van der Waals surface area contributed by atoms with Gasteiger partial charge in [-0.1, -0.05) is 26.0 Å². The van der Waals surface area contributed by atoms with Crippen molar-refractivity contribution in [1.29, 1.82) is 0 Å². The molecule has 0 bridgehead atoms. The highest BCUT2D eigenvalue weighted by Crippen LogP contribution is 2.32. The van der Waals surface area contributed by atoms with Gasteiger partial charge in [-0.3, -0.25) is 9.69 Å². The molecule has 2 aromatic rings. The second-order valence-corrected chi connectivity index (χ2v) is 8.39. The molecule has 0 aliphatic carbocycles. The Hall–Kier alpha value is -2.37. The molecule has 1 amide bonds. The van der Waals surface area contributed by atoms with Crippen molar-refractivity contribution in [2.24, 2.45) is 0 Å². The van der Waals surface area contributed by atoms with Gasteiger partial charge in [0.15, 0.2) is 0 Å². The molecule has 1 aliphatic rings. The van der Waals surface area contributed by atoms with E-state index in [1.165, 1.54) is 5.56 Å². The van der Waals surface area contributed by atoms with Gasteiger partial charge in [0.1, 0.15) is 5.75 Å². The van der Waals surface area contributed by atoms with Crippen LogP contribution in [-0.4, -0.2) is 44.2 Å². The summed E-state index contributed by atoms with van der Waals surface area (Å²) in [6.07, 6.45) is 0. The molecule has 1 N–H and O–H groups in total. The minimum Gasteiger partial charge on any atom is -0.496 e. The van der Waals surface area contributed by atoms with Crippen molar-refractivity contribution in [2.45, 2.75) is 46.2 Å². The van der Waals surface area contributed by atoms with Gasteiger partial charge < -0.3 is 14.8 Å². The molecule has 1 saturated heterocycles. The number of methoxy groups -OCH3 is 1. The molecule has 5 heteroatoms. The van der Waals surface area contributed by atoms with Crippen LogP contribution >= 0.6 is 0 Å². The van der Waals surface area contributed by atoms with Gasteiger partial charge >= 0.3 is 0 Å². The van der Waals surface area contributed by atoms with Crippen LogP contribution < -0.4 is 10.1 Å². The van der Waals surface area contributed by atoms with Crippen molar-refractivity contribution in [3.05, 3.63) is 64.2 Å². The molecule has 30 heavy (non-hydrogen) atoms. The van der Waals surface area contributed by atoms with Gasteiger partial charge in [-0.05, 0) is 66.3 Å². The van der Waals surface area contributed by atoms with Crippen molar-refractivity contribution in [1.82, 2.24) is 10.2 Å². The summed E-state index contributed by atoms with van der Waals surface area (Å²) in [5.74, 6) is 1.20. The molecule has 1 fully saturated rings. The summed E-state index contributed by atoms with van der Waals surface area (Å²) < 4.78 is 10.9. The maximum absolute atomic E-state index is 12.8. The van der Waals surface area contributed by atoms with Gasteiger partial charge in [0, 0.05) is 25.2 Å². The number of hydrogen-bond acceptors (Lipinski definition) is 4. The molecule has 0 spiro atoms. The number of hydrogen-bond donors (Lipinski definition) is 1. The van der Waals surface area contributed by atoms with E-state index in [1.807, 2.05) is 31.2 Å². The van der Waals surface area contributed by atoms with Gasteiger partial charge in [0.2, 0.25) is 0 Å². The van der Waals surface area contributed by atoms with E-state index in [1.54, 1.807) is 7.11 Å². The van der Waals surface area contributed by atoms with Crippen LogP contribution in [0.4, 0.5) is 0 Å². The standard InChI is InChI=1S/C25H34N2O3/c1-17(2)22-15-23(18(3)14-24(22)29-5)19(4)26-25(28)21-8-6-20(7-9-21)16-27-10-12-30-13-11-27/h6-9,14-15,17,19H,10-13,16H2,1-5H3,(H,26,28). The normalized spacial score (nSPS) is 15.8. The van der Waals surface area contributed by atoms with Crippen LogP contribution in [0.15, 0.2) is 36.4 Å². The molecule has 0 saturated carbocycles. The third kappa shape index (κ3) is 5.41.